The molecular weight excluding hydrogens is 410 g/mol. The molecule has 1 fully saturated rings. The van der Waals surface area contributed by atoms with Crippen LogP contribution in [0, 0.1) is 19.8 Å². The van der Waals surface area contributed by atoms with Gasteiger partial charge in [-0.25, -0.2) is 0 Å². The number of aryl methyl sites for hydroxylation is 2. The Kier molecular flexibility index (Phi) is 7.77. The molecule has 0 nitrogen and oxygen atoms in total. The first-order chi connectivity index (χ1) is 14.4. The molecule has 0 saturated heterocycles. The van der Waals surface area contributed by atoms with Crippen LogP contribution in [0.25, 0.3) is 0 Å². The van der Waals surface area contributed by atoms with Gasteiger partial charge < -0.3 is 0 Å². The van der Waals surface area contributed by atoms with Crippen molar-refractivity contribution in [2.24, 2.45) is 5.92 Å². The van der Waals surface area contributed by atoms with Gasteiger partial charge in [-0.3, -0.25) is 0 Å². The fourth-order valence-electron chi connectivity index (χ4n) is 6.28. The summed E-state index contributed by atoms with van der Waals surface area (Å²) < 4.78 is 0. The average Bonchev–Trinajstić information content (AvgIpc) is 3.11. The first-order valence-corrected chi connectivity index (χ1v) is 14.9. The quantitative estimate of drug-likeness (QED) is 0.398. The van der Waals surface area contributed by atoms with E-state index in [0.29, 0.717) is 16.0 Å². The maximum Gasteiger partial charge on any atom is -0.0123 e. The lowest BCUT2D eigenvalue weighted by Gasteiger charge is -2.49. The van der Waals surface area contributed by atoms with Gasteiger partial charge in [0, 0.05) is 0 Å². The van der Waals surface area contributed by atoms with Crippen molar-refractivity contribution in [2.45, 2.75) is 103 Å². The summed E-state index contributed by atoms with van der Waals surface area (Å²) in [5.74, 6) is 0.829. The predicted octanol–water partition coefficient (Wildman–Crippen LogP) is 8.37. The molecule has 0 aliphatic heterocycles. The van der Waals surface area contributed by atoms with Crippen molar-refractivity contribution in [3.63, 3.8) is 0 Å². The van der Waals surface area contributed by atoms with Crippen LogP contribution in [0.2, 0.25) is 0 Å². The zero-order valence-corrected chi connectivity index (χ0v) is 23.2. The second-order valence-electron chi connectivity index (χ2n) is 11.6. The first kappa shape index (κ1) is 24.9. The Morgan fingerprint density at radius 2 is 1.19 bits per heavy atom. The Bertz CT molecular complexity index is 811. The second kappa shape index (κ2) is 9.65. The highest BCUT2D eigenvalue weighted by atomic mass is 31.1. The lowest BCUT2D eigenvalue weighted by atomic mass is 10.0. The fourth-order valence-corrected chi connectivity index (χ4v) is 14.9. The van der Waals surface area contributed by atoms with E-state index in [9.17, 15) is 0 Å². The normalized spacial score (nSPS) is 21.1. The molecule has 170 valence electrons. The number of rotatable bonds is 5. The molecule has 0 radical (unpaired) electrons. The van der Waals surface area contributed by atoms with E-state index in [1.807, 2.05) is 0 Å². The average molecular weight is 455 g/mol. The molecule has 1 aliphatic rings. The highest BCUT2D eigenvalue weighted by molar-refractivity contribution is 7.73. The van der Waals surface area contributed by atoms with Crippen molar-refractivity contribution in [3.05, 3.63) is 59.7 Å². The Hall–Kier alpha value is -0.700. The molecule has 31 heavy (non-hydrogen) atoms. The minimum Gasteiger partial charge on any atom is -0.0921 e. The van der Waals surface area contributed by atoms with E-state index in [1.54, 1.807) is 10.6 Å². The van der Waals surface area contributed by atoms with Gasteiger partial charge in [-0.1, -0.05) is 111 Å². The molecular formula is C29H44P2. The third-order valence-electron chi connectivity index (χ3n) is 7.09. The molecule has 0 bridgehead atoms. The number of benzene rings is 2. The van der Waals surface area contributed by atoms with Crippen molar-refractivity contribution >= 4 is 26.5 Å². The molecule has 2 aromatic rings. The van der Waals surface area contributed by atoms with Crippen LogP contribution in [0.4, 0.5) is 0 Å². The van der Waals surface area contributed by atoms with Crippen LogP contribution in [0.5, 0.6) is 0 Å². The van der Waals surface area contributed by atoms with Crippen LogP contribution in [0.1, 0.15) is 78.9 Å². The van der Waals surface area contributed by atoms with Gasteiger partial charge in [0.15, 0.2) is 0 Å². The van der Waals surface area contributed by atoms with Gasteiger partial charge in [-0.05, 0) is 83.9 Å². The lowest BCUT2D eigenvalue weighted by Crippen LogP contribution is -2.37. The van der Waals surface area contributed by atoms with Crippen LogP contribution < -0.4 is 10.6 Å². The standard InChI is InChI=1S/C29H44P2/c1-21-15-10-12-18-25(21)30(26-19-13-11-16-22(26)2)23(3)24-17-14-20-27(24)31(28(4,5)6)29(7,8)9/h10-13,15-16,18-19,23-24,27H,14,17,20H2,1-9H3/t23-,24+,27+/m1/s1. The van der Waals surface area contributed by atoms with Crippen LogP contribution in [0.15, 0.2) is 48.5 Å². The minimum absolute atomic E-state index is 0.0832. The van der Waals surface area contributed by atoms with Gasteiger partial charge in [0.05, 0.1) is 0 Å². The maximum atomic E-state index is 2.60. The van der Waals surface area contributed by atoms with Crippen molar-refractivity contribution in [1.29, 1.82) is 0 Å². The molecule has 0 unspecified atom stereocenters. The molecule has 0 N–H and O–H groups in total. The topological polar surface area (TPSA) is 0 Å². The summed E-state index contributed by atoms with van der Waals surface area (Å²) in [6, 6.07) is 18.4. The van der Waals surface area contributed by atoms with Gasteiger partial charge in [0.1, 0.15) is 0 Å². The van der Waals surface area contributed by atoms with E-state index in [4.69, 9.17) is 0 Å². The van der Waals surface area contributed by atoms with E-state index in [0.717, 1.165) is 11.6 Å². The molecule has 2 heteroatoms. The van der Waals surface area contributed by atoms with Gasteiger partial charge >= 0.3 is 0 Å². The van der Waals surface area contributed by atoms with Gasteiger partial charge in [-0.2, -0.15) is 0 Å². The molecule has 3 atom stereocenters. The molecule has 0 spiro atoms. The van der Waals surface area contributed by atoms with E-state index in [1.165, 1.54) is 30.4 Å². The summed E-state index contributed by atoms with van der Waals surface area (Å²) in [7, 11) is -0.461. The molecule has 0 amide bonds. The molecule has 2 aromatic carbocycles. The molecule has 0 heterocycles. The molecule has 3 rings (SSSR count). The van der Waals surface area contributed by atoms with Crippen LogP contribution >= 0.6 is 15.8 Å². The minimum atomic E-state index is -0.378. The highest BCUT2D eigenvalue weighted by Gasteiger charge is 2.47. The van der Waals surface area contributed by atoms with Crippen molar-refractivity contribution in [1.82, 2.24) is 0 Å². The van der Waals surface area contributed by atoms with Crippen LogP contribution in [-0.2, 0) is 0 Å². The Morgan fingerprint density at radius 3 is 1.61 bits per heavy atom. The van der Waals surface area contributed by atoms with Crippen molar-refractivity contribution in [2.75, 3.05) is 0 Å². The SMILES string of the molecule is Cc1ccccc1P(c1ccccc1C)[C@H](C)[C@@H]1CCC[C@@H]1P(C(C)(C)C)C(C)(C)C. The summed E-state index contributed by atoms with van der Waals surface area (Å²) in [6.45, 7) is 22.3. The van der Waals surface area contributed by atoms with E-state index >= 15 is 0 Å². The summed E-state index contributed by atoms with van der Waals surface area (Å²) >= 11 is 0. The van der Waals surface area contributed by atoms with Crippen LogP contribution in [0.3, 0.4) is 0 Å². The largest absolute Gasteiger partial charge is 0.0921 e. The van der Waals surface area contributed by atoms with Gasteiger partial charge in [0.2, 0.25) is 0 Å². The maximum absolute atomic E-state index is 2.60. The molecule has 1 aliphatic carbocycles. The molecule has 1 saturated carbocycles. The lowest BCUT2D eigenvalue weighted by molar-refractivity contribution is 0.531. The number of hydrogen-bond donors (Lipinski definition) is 0. The zero-order valence-electron chi connectivity index (χ0n) is 21.4. The second-order valence-corrected chi connectivity index (χ2v) is 18.2. The monoisotopic (exact) mass is 454 g/mol. The van der Waals surface area contributed by atoms with Crippen molar-refractivity contribution in [3.8, 4) is 0 Å². The number of hydrogen-bond acceptors (Lipinski definition) is 0. The Labute approximate surface area is 195 Å². The predicted molar refractivity (Wildman–Crippen MR) is 146 cm³/mol. The summed E-state index contributed by atoms with van der Waals surface area (Å²) in [4.78, 5) is 0. The Morgan fingerprint density at radius 1 is 0.742 bits per heavy atom. The summed E-state index contributed by atoms with van der Waals surface area (Å²) in [5, 5.41) is 3.99. The fraction of sp³-hybridized carbons (Fsp3) is 0.586. The van der Waals surface area contributed by atoms with Crippen LogP contribution in [-0.4, -0.2) is 21.6 Å². The highest BCUT2D eigenvalue weighted by Crippen LogP contribution is 2.68. The van der Waals surface area contributed by atoms with Crippen molar-refractivity contribution < 1.29 is 0 Å². The van der Waals surface area contributed by atoms with E-state index < -0.39 is 0 Å². The van der Waals surface area contributed by atoms with E-state index in [-0.39, 0.29) is 15.8 Å². The third-order valence-corrected chi connectivity index (χ3v) is 14.5. The first-order valence-electron chi connectivity index (χ1n) is 12.1. The summed E-state index contributed by atoms with van der Waals surface area (Å²) in [6.07, 6.45) is 4.25. The summed E-state index contributed by atoms with van der Waals surface area (Å²) in [5.41, 5.74) is 4.52. The third kappa shape index (κ3) is 5.45. The van der Waals surface area contributed by atoms with E-state index in [2.05, 4.69) is 111 Å². The van der Waals surface area contributed by atoms with Gasteiger partial charge in [-0.15, -0.1) is 0 Å². The smallest absolute Gasteiger partial charge is 0.0123 e. The zero-order chi connectivity index (χ0) is 23.0. The van der Waals surface area contributed by atoms with Gasteiger partial charge in [0.25, 0.3) is 0 Å². The molecule has 0 aromatic heterocycles. The Balaban J connectivity index is 2.08.